The minimum Gasteiger partial charge on any atom is -0.388 e. The molecule has 16 heavy (non-hydrogen) atoms. The standard InChI is InChI=1S/C13H29N3/c1-4-5-6-7-9-16(11-12(2)3)10-8-13(14)15/h12H,4-11H2,1-3H3,(H3,14,15). The minimum atomic E-state index is 0.308. The van der Waals surface area contributed by atoms with E-state index in [1.54, 1.807) is 0 Å². The van der Waals surface area contributed by atoms with E-state index in [0.29, 0.717) is 18.2 Å². The summed E-state index contributed by atoms with van der Waals surface area (Å²) in [5.74, 6) is 1.00. The highest BCUT2D eigenvalue weighted by molar-refractivity contribution is 5.76. The highest BCUT2D eigenvalue weighted by atomic mass is 15.1. The van der Waals surface area contributed by atoms with Gasteiger partial charge in [-0.1, -0.05) is 40.0 Å². The normalized spacial score (nSPS) is 11.3. The van der Waals surface area contributed by atoms with Crippen LogP contribution in [0.1, 0.15) is 52.9 Å². The molecule has 0 rings (SSSR count). The molecule has 3 nitrogen and oxygen atoms in total. The van der Waals surface area contributed by atoms with E-state index in [9.17, 15) is 0 Å². The molecule has 3 N–H and O–H groups in total. The lowest BCUT2D eigenvalue weighted by atomic mass is 10.1. The quantitative estimate of drug-likeness (QED) is 0.342. The van der Waals surface area contributed by atoms with E-state index in [1.807, 2.05) is 0 Å². The van der Waals surface area contributed by atoms with Gasteiger partial charge in [-0.25, -0.2) is 0 Å². The van der Waals surface area contributed by atoms with Gasteiger partial charge in [-0.15, -0.1) is 0 Å². The van der Waals surface area contributed by atoms with Crippen molar-refractivity contribution in [3.05, 3.63) is 0 Å². The molecule has 0 aliphatic carbocycles. The predicted molar refractivity (Wildman–Crippen MR) is 72.0 cm³/mol. The maximum absolute atomic E-state index is 7.26. The molecule has 0 aromatic rings. The van der Waals surface area contributed by atoms with Crippen LogP contribution in [0.25, 0.3) is 0 Å². The van der Waals surface area contributed by atoms with Gasteiger partial charge in [0.15, 0.2) is 0 Å². The molecule has 0 aromatic heterocycles. The molecule has 0 saturated heterocycles. The number of nitrogens with two attached hydrogens (primary N) is 1. The SMILES string of the molecule is CCCCCCN(CCC(=N)N)CC(C)C. The fraction of sp³-hybridized carbons (Fsp3) is 0.923. The van der Waals surface area contributed by atoms with Crippen LogP contribution in [0.2, 0.25) is 0 Å². The van der Waals surface area contributed by atoms with Crippen LogP contribution in [0.3, 0.4) is 0 Å². The second-order valence-electron chi connectivity index (χ2n) is 5.03. The summed E-state index contributed by atoms with van der Waals surface area (Å²) in [5.41, 5.74) is 5.40. The van der Waals surface area contributed by atoms with Crippen LogP contribution in [-0.4, -0.2) is 30.4 Å². The number of nitrogens with zero attached hydrogens (tertiary/aromatic N) is 1. The zero-order valence-electron chi connectivity index (χ0n) is 11.3. The van der Waals surface area contributed by atoms with E-state index in [-0.39, 0.29) is 0 Å². The Bertz CT molecular complexity index is 178. The number of nitrogens with one attached hydrogen (secondary N) is 1. The first kappa shape index (κ1) is 15.4. The van der Waals surface area contributed by atoms with Crippen molar-refractivity contribution in [1.29, 1.82) is 5.41 Å². The lowest BCUT2D eigenvalue weighted by Crippen LogP contribution is -2.32. The first-order valence-electron chi connectivity index (χ1n) is 6.61. The van der Waals surface area contributed by atoms with Crippen LogP contribution >= 0.6 is 0 Å². The van der Waals surface area contributed by atoms with Crippen molar-refractivity contribution < 1.29 is 0 Å². The van der Waals surface area contributed by atoms with Gasteiger partial charge in [0.1, 0.15) is 0 Å². The molecule has 0 saturated carbocycles. The summed E-state index contributed by atoms with van der Waals surface area (Å²) in [4.78, 5) is 2.45. The summed E-state index contributed by atoms with van der Waals surface area (Å²) in [6.45, 7) is 9.95. The summed E-state index contributed by atoms with van der Waals surface area (Å²) in [7, 11) is 0. The van der Waals surface area contributed by atoms with Gasteiger partial charge >= 0.3 is 0 Å². The lowest BCUT2D eigenvalue weighted by molar-refractivity contribution is 0.245. The molecule has 0 heterocycles. The molecular formula is C13H29N3. The monoisotopic (exact) mass is 227 g/mol. The average molecular weight is 227 g/mol. The zero-order valence-corrected chi connectivity index (χ0v) is 11.3. The second-order valence-corrected chi connectivity index (χ2v) is 5.03. The molecule has 0 bridgehead atoms. The fourth-order valence-electron chi connectivity index (χ4n) is 1.85. The Balaban J connectivity index is 3.76. The Kier molecular flexibility index (Phi) is 9.30. The van der Waals surface area contributed by atoms with Crippen LogP contribution in [0.4, 0.5) is 0 Å². The van der Waals surface area contributed by atoms with Gasteiger partial charge in [-0.2, -0.15) is 0 Å². The number of unbranched alkanes of at least 4 members (excludes halogenated alkanes) is 3. The molecule has 0 unspecified atom stereocenters. The van der Waals surface area contributed by atoms with E-state index in [1.165, 1.54) is 25.7 Å². The molecule has 0 aliphatic rings. The van der Waals surface area contributed by atoms with Gasteiger partial charge in [0, 0.05) is 19.5 Å². The minimum absolute atomic E-state index is 0.308. The molecule has 0 amide bonds. The fourth-order valence-corrected chi connectivity index (χ4v) is 1.85. The number of hydrogen-bond donors (Lipinski definition) is 2. The molecule has 0 spiro atoms. The molecule has 0 radical (unpaired) electrons. The van der Waals surface area contributed by atoms with Crippen LogP contribution in [0.5, 0.6) is 0 Å². The van der Waals surface area contributed by atoms with Crippen molar-refractivity contribution in [2.75, 3.05) is 19.6 Å². The Morgan fingerprint density at radius 1 is 1.19 bits per heavy atom. The Morgan fingerprint density at radius 3 is 2.38 bits per heavy atom. The van der Waals surface area contributed by atoms with E-state index in [4.69, 9.17) is 11.1 Å². The molecule has 0 aromatic carbocycles. The van der Waals surface area contributed by atoms with Crippen LogP contribution < -0.4 is 5.73 Å². The van der Waals surface area contributed by atoms with Crippen LogP contribution in [-0.2, 0) is 0 Å². The molecule has 0 atom stereocenters. The molecule has 3 heteroatoms. The van der Waals surface area contributed by atoms with Crippen molar-refractivity contribution in [2.24, 2.45) is 11.7 Å². The summed E-state index contributed by atoms with van der Waals surface area (Å²) in [5, 5.41) is 7.26. The van der Waals surface area contributed by atoms with Gasteiger partial charge in [-0.05, 0) is 18.9 Å². The van der Waals surface area contributed by atoms with Crippen molar-refractivity contribution in [2.45, 2.75) is 52.9 Å². The van der Waals surface area contributed by atoms with E-state index in [0.717, 1.165) is 19.6 Å². The molecule has 0 aliphatic heterocycles. The zero-order chi connectivity index (χ0) is 12.4. The first-order valence-corrected chi connectivity index (χ1v) is 6.61. The lowest BCUT2D eigenvalue weighted by Gasteiger charge is -2.24. The van der Waals surface area contributed by atoms with Crippen LogP contribution in [0.15, 0.2) is 0 Å². The van der Waals surface area contributed by atoms with Crippen molar-refractivity contribution in [1.82, 2.24) is 4.90 Å². The molecule has 96 valence electrons. The van der Waals surface area contributed by atoms with E-state index in [2.05, 4.69) is 25.7 Å². The number of hydrogen-bond acceptors (Lipinski definition) is 2. The molecule has 0 fully saturated rings. The summed E-state index contributed by atoms with van der Waals surface area (Å²) in [6, 6.07) is 0. The average Bonchev–Trinajstić information content (AvgIpc) is 2.19. The van der Waals surface area contributed by atoms with Gasteiger partial charge in [0.05, 0.1) is 5.84 Å². The Labute approximate surface area is 101 Å². The van der Waals surface area contributed by atoms with Crippen LogP contribution in [0, 0.1) is 11.3 Å². The topological polar surface area (TPSA) is 53.1 Å². The van der Waals surface area contributed by atoms with Crippen molar-refractivity contribution in [3.63, 3.8) is 0 Å². The van der Waals surface area contributed by atoms with Crippen molar-refractivity contribution >= 4 is 5.84 Å². The van der Waals surface area contributed by atoms with Gasteiger partial charge in [0.2, 0.25) is 0 Å². The van der Waals surface area contributed by atoms with Gasteiger partial charge < -0.3 is 10.6 Å². The third-order valence-corrected chi connectivity index (χ3v) is 2.65. The third kappa shape index (κ3) is 9.97. The Morgan fingerprint density at radius 2 is 1.88 bits per heavy atom. The van der Waals surface area contributed by atoms with Gasteiger partial charge in [-0.3, -0.25) is 5.41 Å². The first-order chi connectivity index (χ1) is 7.56. The highest BCUT2D eigenvalue weighted by Crippen LogP contribution is 2.05. The number of amidine groups is 1. The number of rotatable bonds is 10. The maximum Gasteiger partial charge on any atom is 0.0918 e. The smallest absolute Gasteiger partial charge is 0.0918 e. The summed E-state index contributed by atoms with van der Waals surface area (Å²) < 4.78 is 0. The van der Waals surface area contributed by atoms with Gasteiger partial charge in [0.25, 0.3) is 0 Å². The largest absolute Gasteiger partial charge is 0.388 e. The summed E-state index contributed by atoms with van der Waals surface area (Å²) >= 11 is 0. The third-order valence-electron chi connectivity index (χ3n) is 2.65. The second kappa shape index (κ2) is 9.64. The van der Waals surface area contributed by atoms with E-state index >= 15 is 0 Å². The Hall–Kier alpha value is -0.570. The van der Waals surface area contributed by atoms with Crippen molar-refractivity contribution in [3.8, 4) is 0 Å². The highest BCUT2D eigenvalue weighted by Gasteiger charge is 2.07. The summed E-state index contributed by atoms with van der Waals surface area (Å²) in [6.07, 6.45) is 5.93. The maximum atomic E-state index is 7.26. The van der Waals surface area contributed by atoms with E-state index < -0.39 is 0 Å². The molecular weight excluding hydrogens is 198 g/mol. The predicted octanol–water partition coefficient (Wildman–Crippen LogP) is 2.85.